The van der Waals surface area contributed by atoms with Crippen LogP contribution in [0.2, 0.25) is 0 Å². The average molecular weight is 553 g/mol. The maximum absolute atomic E-state index is 13.8. The van der Waals surface area contributed by atoms with Gasteiger partial charge < -0.3 is 29.5 Å². The second kappa shape index (κ2) is 12.2. The lowest BCUT2D eigenvalue weighted by molar-refractivity contribution is -0.348. The number of aliphatic hydroxyl groups excluding tert-OH is 2. The van der Waals surface area contributed by atoms with Crippen LogP contribution < -0.4 is 0 Å². The minimum Gasteiger partial charge on any atom is -0.481 e. The van der Waals surface area contributed by atoms with Gasteiger partial charge in [0, 0.05) is 31.3 Å². The number of halogens is 3. The summed E-state index contributed by atoms with van der Waals surface area (Å²) in [6.45, 7) is 1.11. The summed E-state index contributed by atoms with van der Waals surface area (Å²) in [6, 6.07) is 4.26. The molecule has 0 bridgehead atoms. The van der Waals surface area contributed by atoms with E-state index in [0.29, 0.717) is 19.4 Å². The molecule has 2 aliphatic rings. The van der Waals surface area contributed by atoms with E-state index in [-0.39, 0.29) is 17.9 Å². The Hall–Kier alpha value is -3.43. The Balaban J connectivity index is 0.000000826. The zero-order chi connectivity index (χ0) is 28.2. The Bertz CT molecular complexity index is 1250. The van der Waals surface area contributed by atoms with Crippen molar-refractivity contribution in [3.63, 3.8) is 0 Å². The number of nitrogens with zero attached hydrogens (tertiary/aromatic N) is 4. The predicted octanol–water partition coefficient (Wildman–Crippen LogP) is 2.23. The van der Waals surface area contributed by atoms with Gasteiger partial charge >= 0.3 is 0 Å². The molecular weight excluding hydrogens is 525 g/mol. The van der Waals surface area contributed by atoms with Crippen molar-refractivity contribution in [2.75, 3.05) is 13.2 Å². The number of hydrogen-bond acceptors (Lipinski definition) is 9. The molecule has 2 saturated heterocycles. The molecule has 0 saturated carbocycles. The van der Waals surface area contributed by atoms with E-state index in [1.807, 2.05) is 6.07 Å². The van der Waals surface area contributed by atoms with Crippen molar-refractivity contribution in [3.05, 3.63) is 65.9 Å². The number of aromatic nitrogens is 4. The van der Waals surface area contributed by atoms with E-state index in [0.717, 1.165) is 24.6 Å². The molecule has 0 unspecified atom stereocenters. The molecule has 11 nitrogen and oxygen atoms in total. The monoisotopic (exact) mass is 552 g/mol. The van der Waals surface area contributed by atoms with Gasteiger partial charge in [0.2, 0.25) is 0 Å². The summed E-state index contributed by atoms with van der Waals surface area (Å²) >= 11 is 0. The minimum atomic E-state index is -1.59. The van der Waals surface area contributed by atoms with Gasteiger partial charge in [-0.05, 0) is 30.2 Å². The highest BCUT2D eigenvalue weighted by Gasteiger charge is 2.58. The molecule has 1 aromatic carbocycles. The first-order valence-electron chi connectivity index (χ1n) is 12.0. The van der Waals surface area contributed by atoms with Crippen LogP contribution in [0.15, 0.2) is 42.9 Å². The topological polar surface area (TPSA) is 149 Å². The van der Waals surface area contributed by atoms with Crippen molar-refractivity contribution in [2.45, 2.75) is 56.5 Å². The van der Waals surface area contributed by atoms with Crippen LogP contribution in [0.25, 0.3) is 11.3 Å². The third-order valence-electron chi connectivity index (χ3n) is 6.27. The molecule has 3 aromatic rings. The van der Waals surface area contributed by atoms with Gasteiger partial charge in [0.25, 0.3) is 5.97 Å². The third-order valence-corrected chi connectivity index (χ3v) is 6.27. The van der Waals surface area contributed by atoms with E-state index >= 15 is 0 Å². The van der Waals surface area contributed by atoms with Gasteiger partial charge in [-0.25, -0.2) is 17.9 Å². The van der Waals surface area contributed by atoms with Crippen LogP contribution >= 0.6 is 0 Å². The number of benzene rings is 1. The molecule has 39 heavy (non-hydrogen) atoms. The van der Waals surface area contributed by atoms with Crippen LogP contribution in [0.4, 0.5) is 13.2 Å². The lowest BCUT2D eigenvalue weighted by atomic mass is 9.88. The molecule has 2 fully saturated rings. The highest BCUT2D eigenvalue weighted by Crippen LogP contribution is 2.45. The van der Waals surface area contributed by atoms with Gasteiger partial charge in [-0.15, -0.1) is 5.10 Å². The van der Waals surface area contributed by atoms with Gasteiger partial charge in [-0.1, -0.05) is 11.3 Å². The molecule has 5 atom stereocenters. The normalized spacial score (nSPS) is 26.3. The minimum absolute atomic E-state index is 0.0347. The van der Waals surface area contributed by atoms with Crippen molar-refractivity contribution >= 4 is 5.97 Å². The van der Waals surface area contributed by atoms with E-state index in [2.05, 4.69) is 15.3 Å². The van der Waals surface area contributed by atoms with Crippen LogP contribution in [-0.2, 0) is 25.6 Å². The number of hydrogen-bond donors (Lipinski definition) is 3. The van der Waals surface area contributed by atoms with E-state index in [1.54, 1.807) is 18.5 Å². The van der Waals surface area contributed by atoms with Crippen LogP contribution in [0, 0.1) is 17.5 Å². The zero-order valence-electron chi connectivity index (χ0n) is 20.8. The molecule has 0 aliphatic carbocycles. The Morgan fingerprint density at radius 2 is 2.00 bits per heavy atom. The summed E-state index contributed by atoms with van der Waals surface area (Å²) in [7, 11) is 0. The van der Waals surface area contributed by atoms with Crippen LogP contribution in [0.5, 0.6) is 0 Å². The van der Waals surface area contributed by atoms with E-state index in [1.165, 1.54) is 10.9 Å². The fourth-order valence-corrected chi connectivity index (χ4v) is 4.60. The number of rotatable bonds is 6. The first kappa shape index (κ1) is 28.6. The highest BCUT2D eigenvalue weighted by atomic mass is 19.2. The Kier molecular flexibility index (Phi) is 8.92. The molecule has 210 valence electrons. The Morgan fingerprint density at radius 3 is 2.59 bits per heavy atom. The van der Waals surface area contributed by atoms with Gasteiger partial charge in [0.15, 0.2) is 23.2 Å². The predicted molar refractivity (Wildman–Crippen MR) is 126 cm³/mol. The molecule has 4 heterocycles. The first-order chi connectivity index (χ1) is 18.6. The standard InChI is InChI=1S/C23H23F3N4O5.C2H4O2/c24-15-7-14(8-16(25)19(15)26)17-10-30(29-28-17)20-21(32)18(11-31)35-23(4-2-6-34-23)22(20)33-12-13-3-1-5-27-9-13;1-2(3)4/h1,3,5,7-10,18,20-22,31-32H,2,4,6,11-12H2;1H3,(H,3,4)/t18-,20+,21+,22-,23+;/m1./s1. The number of carboxylic acid groups (broad SMARTS) is 1. The zero-order valence-corrected chi connectivity index (χ0v) is 20.8. The third kappa shape index (κ3) is 6.25. The molecule has 14 heteroatoms. The number of pyridine rings is 1. The summed E-state index contributed by atoms with van der Waals surface area (Å²) in [5, 5.41) is 36.4. The van der Waals surface area contributed by atoms with Crippen molar-refractivity contribution in [1.82, 2.24) is 20.0 Å². The second-order valence-electron chi connectivity index (χ2n) is 9.03. The average Bonchev–Trinajstić information content (AvgIpc) is 3.58. The number of aliphatic hydroxyl groups is 2. The van der Waals surface area contributed by atoms with Crippen molar-refractivity contribution in [3.8, 4) is 11.3 Å². The van der Waals surface area contributed by atoms with E-state index in [9.17, 15) is 23.4 Å². The number of carbonyl (C=O) groups is 1. The first-order valence-corrected chi connectivity index (χ1v) is 12.0. The van der Waals surface area contributed by atoms with Gasteiger partial charge in [-0.3, -0.25) is 9.78 Å². The fraction of sp³-hybridized carbons (Fsp3) is 0.440. The number of carboxylic acids is 1. The summed E-state index contributed by atoms with van der Waals surface area (Å²) in [4.78, 5) is 13.1. The molecule has 0 amide bonds. The maximum Gasteiger partial charge on any atom is 0.300 e. The molecular formula is C25H27F3N4O7. The Labute approximate surface area is 220 Å². The van der Waals surface area contributed by atoms with Gasteiger partial charge in [0.05, 0.1) is 26.0 Å². The largest absolute Gasteiger partial charge is 0.481 e. The summed E-state index contributed by atoms with van der Waals surface area (Å²) in [5.74, 6) is -6.41. The fourth-order valence-electron chi connectivity index (χ4n) is 4.60. The lowest BCUT2D eigenvalue weighted by Gasteiger charge is -2.49. The molecule has 1 spiro atoms. The van der Waals surface area contributed by atoms with Gasteiger partial charge in [0.1, 0.15) is 30.0 Å². The Morgan fingerprint density at radius 1 is 1.28 bits per heavy atom. The smallest absolute Gasteiger partial charge is 0.300 e. The van der Waals surface area contributed by atoms with Crippen molar-refractivity contribution < 1.29 is 47.5 Å². The summed E-state index contributed by atoms with van der Waals surface area (Å²) < 4.78 is 60.4. The van der Waals surface area contributed by atoms with Crippen molar-refractivity contribution in [2.24, 2.45) is 0 Å². The lowest BCUT2D eigenvalue weighted by Crippen LogP contribution is -2.63. The highest BCUT2D eigenvalue weighted by molar-refractivity contribution is 5.63. The molecule has 2 aliphatic heterocycles. The molecule has 5 rings (SSSR count). The van der Waals surface area contributed by atoms with Gasteiger partial charge in [-0.2, -0.15) is 0 Å². The van der Waals surface area contributed by atoms with Crippen LogP contribution in [-0.4, -0.2) is 78.6 Å². The summed E-state index contributed by atoms with van der Waals surface area (Å²) in [6.07, 6.45) is 2.56. The maximum atomic E-state index is 13.8. The van der Waals surface area contributed by atoms with Crippen LogP contribution in [0.1, 0.15) is 31.4 Å². The SMILES string of the molecule is CC(=O)O.OC[C@H]1O[C@@]2(CCCO2)[C@H](OCc2cccnc2)[C@@H](n2cc(-c3cc(F)c(F)c(F)c3)nn2)[C@H]1O. The van der Waals surface area contributed by atoms with E-state index in [4.69, 9.17) is 24.1 Å². The van der Waals surface area contributed by atoms with Crippen molar-refractivity contribution in [1.29, 1.82) is 0 Å². The second-order valence-corrected chi connectivity index (χ2v) is 9.03. The number of ether oxygens (including phenoxy) is 3. The molecule has 2 aromatic heterocycles. The number of aliphatic carboxylic acids is 1. The van der Waals surface area contributed by atoms with Crippen LogP contribution in [0.3, 0.4) is 0 Å². The molecule has 3 N–H and O–H groups in total. The quantitative estimate of drug-likeness (QED) is 0.389. The summed E-state index contributed by atoms with van der Waals surface area (Å²) in [5.41, 5.74) is 0.789. The van der Waals surface area contributed by atoms with E-state index < -0.39 is 60.2 Å². The molecule has 0 radical (unpaired) electrons.